The molecule has 0 N–H and O–H groups in total. The van der Waals surface area contributed by atoms with Crippen LogP contribution in [0.15, 0.2) is 72.8 Å². The van der Waals surface area contributed by atoms with Gasteiger partial charge in [-0.3, -0.25) is 4.90 Å². The Kier molecular flexibility index (Phi) is 5.11. The third kappa shape index (κ3) is 3.20. The molecular formula is C25H33NOSi. The van der Waals surface area contributed by atoms with Crippen LogP contribution in [0.25, 0.3) is 0 Å². The first-order chi connectivity index (χ1) is 13.4. The minimum absolute atomic E-state index is 0.0331. The molecule has 2 saturated heterocycles. The summed E-state index contributed by atoms with van der Waals surface area (Å²) in [6.07, 6.45) is 3.59. The fraction of sp³-hybridized carbons (Fsp3) is 0.440. The van der Waals surface area contributed by atoms with E-state index in [1.54, 1.807) is 0 Å². The summed E-state index contributed by atoms with van der Waals surface area (Å²) in [4.78, 5) is 2.63. The van der Waals surface area contributed by atoms with Crippen molar-refractivity contribution in [1.29, 1.82) is 0 Å². The van der Waals surface area contributed by atoms with Gasteiger partial charge in [0.2, 0.25) is 0 Å². The van der Waals surface area contributed by atoms with Gasteiger partial charge < -0.3 is 4.43 Å². The molecule has 0 bridgehead atoms. The van der Waals surface area contributed by atoms with Crippen molar-refractivity contribution in [2.45, 2.75) is 50.6 Å². The molecule has 2 aliphatic heterocycles. The summed E-state index contributed by atoms with van der Waals surface area (Å²) in [6.45, 7) is 14.4. The first kappa shape index (κ1) is 19.6. The predicted octanol–water partition coefficient (Wildman–Crippen LogP) is 4.36. The van der Waals surface area contributed by atoms with E-state index in [9.17, 15) is 0 Å². The normalized spacial score (nSPS) is 23.2. The van der Waals surface area contributed by atoms with Crippen LogP contribution in [0.2, 0.25) is 5.04 Å². The molecule has 2 heterocycles. The van der Waals surface area contributed by atoms with E-state index >= 15 is 0 Å². The molecule has 0 aliphatic carbocycles. The monoisotopic (exact) mass is 391 g/mol. The molecule has 1 atom stereocenters. The molecule has 3 heteroatoms. The molecule has 0 saturated carbocycles. The van der Waals surface area contributed by atoms with E-state index in [1.807, 2.05) is 0 Å². The third-order valence-electron chi connectivity index (χ3n) is 6.71. The van der Waals surface area contributed by atoms with Crippen molar-refractivity contribution in [3.05, 3.63) is 72.8 Å². The molecule has 2 nitrogen and oxygen atoms in total. The van der Waals surface area contributed by atoms with Gasteiger partial charge in [-0.1, -0.05) is 93.6 Å². The van der Waals surface area contributed by atoms with Crippen molar-refractivity contribution < 1.29 is 4.43 Å². The maximum absolute atomic E-state index is 7.26. The SMILES string of the molecule is C=C1CN2CCCC2(CO[Si](c2ccccc2)(c2ccccc2)C(C)(C)C)C1. The Balaban J connectivity index is 1.78. The maximum Gasteiger partial charge on any atom is 0.261 e. The number of hydrogen-bond donors (Lipinski definition) is 0. The molecular weight excluding hydrogens is 358 g/mol. The van der Waals surface area contributed by atoms with Gasteiger partial charge in [0.15, 0.2) is 0 Å². The second-order valence-electron chi connectivity index (χ2n) is 9.63. The van der Waals surface area contributed by atoms with Crippen molar-refractivity contribution in [3.8, 4) is 0 Å². The number of nitrogens with zero attached hydrogens (tertiary/aromatic N) is 1. The fourth-order valence-corrected chi connectivity index (χ4v) is 10.1. The Bertz CT molecular complexity index is 787. The van der Waals surface area contributed by atoms with Crippen LogP contribution < -0.4 is 10.4 Å². The molecule has 0 aromatic heterocycles. The van der Waals surface area contributed by atoms with Gasteiger partial charge in [0, 0.05) is 12.1 Å². The summed E-state index contributed by atoms with van der Waals surface area (Å²) in [5, 5.41) is 2.77. The van der Waals surface area contributed by atoms with Gasteiger partial charge in [-0.25, -0.2) is 0 Å². The van der Waals surface area contributed by atoms with E-state index in [1.165, 1.54) is 35.3 Å². The number of benzene rings is 2. The second kappa shape index (κ2) is 7.29. The standard InChI is InChI=1S/C25H33NOSi/c1-21-18-25(16-11-17-26(25)19-21)20-27-28(24(2,3)4,22-12-7-5-8-13-22)23-14-9-6-10-15-23/h5-10,12-15H,1,11,16-20H2,2-4H3. The molecule has 4 rings (SSSR count). The average Bonchev–Trinajstić information content (AvgIpc) is 3.18. The molecule has 2 aromatic carbocycles. The Morgan fingerprint density at radius 3 is 2.11 bits per heavy atom. The van der Waals surface area contributed by atoms with Crippen molar-refractivity contribution >= 4 is 18.7 Å². The largest absolute Gasteiger partial charge is 0.406 e. The minimum Gasteiger partial charge on any atom is -0.406 e. The first-order valence-electron chi connectivity index (χ1n) is 10.5. The van der Waals surface area contributed by atoms with Crippen molar-refractivity contribution in [2.24, 2.45) is 0 Å². The molecule has 0 radical (unpaired) electrons. The summed E-state index contributed by atoms with van der Waals surface area (Å²) in [5.41, 5.74) is 1.52. The van der Waals surface area contributed by atoms with Gasteiger partial charge in [-0.15, -0.1) is 0 Å². The van der Waals surface area contributed by atoms with Crippen molar-refractivity contribution in [2.75, 3.05) is 19.7 Å². The summed E-state index contributed by atoms with van der Waals surface area (Å²) >= 11 is 0. The third-order valence-corrected chi connectivity index (χ3v) is 11.7. The lowest BCUT2D eigenvalue weighted by molar-refractivity contribution is 0.108. The zero-order valence-corrected chi connectivity index (χ0v) is 18.6. The highest BCUT2D eigenvalue weighted by molar-refractivity contribution is 6.99. The minimum atomic E-state index is -2.46. The summed E-state index contributed by atoms with van der Waals surface area (Å²) in [5.74, 6) is 0. The maximum atomic E-state index is 7.26. The fourth-order valence-electron chi connectivity index (χ4n) is 5.45. The summed E-state index contributed by atoms with van der Waals surface area (Å²) in [6, 6.07) is 22.0. The lowest BCUT2D eigenvalue weighted by atomic mass is 9.94. The van der Waals surface area contributed by atoms with Crippen LogP contribution in [-0.2, 0) is 4.43 Å². The summed E-state index contributed by atoms with van der Waals surface area (Å²) in [7, 11) is -2.46. The van der Waals surface area contributed by atoms with E-state index in [4.69, 9.17) is 4.43 Å². The van der Waals surface area contributed by atoms with Gasteiger partial charge in [0.25, 0.3) is 8.32 Å². The highest BCUT2D eigenvalue weighted by Gasteiger charge is 2.53. The van der Waals surface area contributed by atoms with Crippen LogP contribution >= 0.6 is 0 Å². The van der Waals surface area contributed by atoms with E-state index in [-0.39, 0.29) is 10.6 Å². The van der Waals surface area contributed by atoms with Gasteiger partial charge in [-0.05, 0) is 41.2 Å². The van der Waals surface area contributed by atoms with E-state index < -0.39 is 8.32 Å². The van der Waals surface area contributed by atoms with Crippen LogP contribution in [0.3, 0.4) is 0 Å². The highest BCUT2D eigenvalue weighted by Crippen LogP contribution is 2.43. The predicted molar refractivity (Wildman–Crippen MR) is 121 cm³/mol. The van der Waals surface area contributed by atoms with Crippen LogP contribution in [0.4, 0.5) is 0 Å². The van der Waals surface area contributed by atoms with Crippen LogP contribution in [0.1, 0.15) is 40.0 Å². The van der Waals surface area contributed by atoms with E-state index in [0.717, 1.165) is 19.6 Å². The molecule has 0 spiro atoms. The Morgan fingerprint density at radius 1 is 1.00 bits per heavy atom. The zero-order chi connectivity index (χ0) is 19.8. The van der Waals surface area contributed by atoms with Crippen molar-refractivity contribution in [1.82, 2.24) is 4.90 Å². The van der Waals surface area contributed by atoms with Gasteiger partial charge in [0.1, 0.15) is 0 Å². The quantitative estimate of drug-likeness (QED) is 0.555. The molecule has 0 amide bonds. The average molecular weight is 392 g/mol. The zero-order valence-electron chi connectivity index (χ0n) is 17.6. The van der Waals surface area contributed by atoms with Crippen molar-refractivity contribution in [3.63, 3.8) is 0 Å². The van der Waals surface area contributed by atoms with Crippen LogP contribution in [0, 0.1) is 0 Å². The first-order valence-corrected chi connectivity index (χ1v) is 12.4. The van der Waals surface area contributed by atoms with Gasteiger partial charge >= 0.3 is 0 Å². The Labute approximate surface area is 171 Å². The number of hydrogen-bond acceptors (Lipinski definition) is 2. The van der Waals surface area contributed by atoms with Crippen LogP contribution in [-0.4, -0.2) is 38.5 Å². The van der Waals surface area contributed by atoms with Gasteiger partial charge in [-0.2, -0.15) is 0 Å². The molecule has 2 fully saturated rings. The summed E-state index contributed by atoms with van der Waals surface area (Å²) < 4.78 is 7.26. The van der Waals surface area contributed by atoms with Crippen LogP contribution in [0.5, 0.6) is 0 Å². The Morgan fingerprint density at radius 2 is 1.57 bits per heavy atom. The smallest absolute Gasteiger partial charge is 0.261 e. The lowest BCUT2D eigenvalue weighted by Gasteiger charge is -2.45. The second-order valence-corrected chi connectivity index (χ2v) is 13.9. The van der Waals surface area contributed by atoms with E-state index in [0.29, 0.717) is 0 Å². The molecule has 2 aromatic rings. The molecule has 2 aliphatic rings. The topological polar surface area (TPSA) is 12.5 Å². The molecule has 148 valence electrons. The molecule has 28 heavy (non-hydrogen) atoms. The van der Waals surface area contributed by atoms with E-state index in [2.05, 4.69) is 92.9 Å². The Hall–Kier alpha value is -1.68. The number of fused-ring (bicyclic) bond motifs is 1. The van der Waals surface area contributed by atoms with Gasteiger partial charge in [0.05, 0.1) is 6.61 Å². The highest BCUT2D eigenvalue weighted by atomic mass is 28.4. The lowest BCUT2D eigenvalue weighted by Crippen LogP contribution is -2.68. The molecule has 1 unspecified atom stereocenters. The number of rotatable bonds is 5.